The second kappa shape index (κ2) is 5.57. The van der Waals surface area contributed by atoms with Crippen molar-refractivity contribution in [2.24, 2.45) is 0 Å². The highest BCUT2D eigenvalue weighted by Crippen LogP contribution is 2.36. The van der Waals surface area contributed by atoms with Crippen molar-refractivity contribution >= 4 is 5.97 Å². The minimum atomic E-state index is -0.865. The molecule has 17 heavy (non-hydrogen) atoms. The Labute approximate surface area is 101 Å². The van der Waals surface area contributed by atoms with Crippen LogP contribution in [0.5, 0.6) is 11.5 Å². The van der Waals surface area contributed by atoms with Gasteiger partial charge < -0.3 is 14.6 Å². The fourth-order valence-electron chi connectivity index (χ4n) is 1.87. The standard InChI is InChI=1S/C13H18O4/c1-5-9-11(16-3)7-6-10(12(9)17-4)8(2)13(14)15/h6-8H,5H2,1-4H3,(H,14,15). The van der Waals surface area contributed by atoms with Gasteiger partial charge in [-0.2, -0.15) is 0 Å². The van der Waals surface area contributed by atoms with Gasteiger partial charge in [0.1, 0.15) is 11.5 Å². The van der Waals surface area contributed by atoms with Gasteiger partial charge in [-0.25, -0.2) is 0 Å². The van der Waals surface area contributed by atoms with E-state index in [1.807, 2.05) is 6.92 Å². The first kappa shape index (κ1) is 13.4. The highest BCUT2D eigenvalue weighted by molar-refractivity contribution is 5.77. The lowest BCUT2D eigenvalue weighted by molar-refractivity contribution is -0.138. The predicted molar refractivity (Wildman–Crippen MR) is 65.0 cm³/mol. The number of carbonyl (C=O) groups is 1. The van der Waals surface area contributed by atoms with Gasteiger partial charge in [0.25, 0.3) is 0 Å². The Kier molecular flexibility index (Phi) is 4.37. The van der Waals surface area contributed by atoms with E-state index in [0.29, 0.717) is 11.3 Å². The highest BCUT2D eigenvalue weighted by Gasteiger charge is 2.22. The lowest BCUT2D eigenvalue weighted by Crippen LogP contribution is -2.10. The fraction of sp³-hybridized carbons (Fsp3) is 0.462. The van der Waals surface area contributed by atoms with Crippen LogP contribution in [-0.2, 0) is 11.2 Å². The Morgan fingerprint density at radius 2 is 2.00 bits per heavy atom. The summed E-state index contributed by atoms with van der Waals surface area (Å²) in [4.78, 5) is 11.0. The van der Waals surface area contributed by atoms with Crippen LogP contribution in [0, 0.1) is 0 Å². The summed E-state index contributed by atoms with van der Waals surface area (Å²) in [7, 11) is 3.14. The van der Waals surface area contributed by atoms with Gasteiger partial charge in [-0.3, -0.25) is 4.79 Å². The van der Waals surface area contributed by atoms with Gasteiger partial charge in [-0.15, -0.1) is 0 Å². The van der Waals surface area contributed by atoms with E-state index >= 15 is 0 Å². The first-order valence-electron chi connectivity index (χ1n) is 5.53. The maximum absolute atomic E-state index is 11.0. The van der Waals surface area contributed by atoms with Crippen LogP contribution < -0.4 is 9.47 Å². The van der Waals surface area contributed by atoms with Crippen LogP contribution in [0.4, 0.5) is 0 Å². The number of carboxylic acid groups (broad SMARTS) is 1. The maximum Gasteiger partial charge on any atom is 0.310 e. The molecule has 0 heterocycles. The van der Waals surface area contributed by atoms with Crippen molar-refractivity contribution in [3.63, 3.8) is 0 Å². The van der Waals surface area contributed by atoms with E-state index in [4.69, 9.17) is 14.6 Å². The molecule has 0 spiro atoms. The minimum absolute atomic E-state index is 0.596. The third kappa shape index (κ3) is 2.52. The van der Waals surface area contributed by atoms with Gasteiger partial charge in [0.2, 0.25) is 0 Å². The molecule has 1 aromatic carbocycles. The van der Waals surface area contributed by atoms with E-state index in [2.05, 4.69) is 0 Å². The molecule has 0 aromatic heterocycles. The second-order valence-corrected chi connectivity index (χ2v) is 3.78. The molecule has 0 saturated heterocycles. The van der Waals surface area contributed by atoms with Crippen LogP contribution >= 0.6 is 0 Å². The van der Waals surface area contributed by atoms with Crippen molar-refractivity contribution in [1.29, 1.82) is 0 Å². The number of hydrogen-bond acceptors (Lipinski definition) is 3. The topological polar surface area (TPSA) is 55.8 Å². The molecule has 1 rings (SSSR count). The molecule has 4 heteroatoms. The smallest absolute Gasteiger partial charge is 0.310 e. The number of methoxy groups -OCH3 is 2. The summed E-state index contributed by atoms with van der Waals surface area (Å²) >= 11 is 0. The van der Waals surface area contributed by atoms with Crippen LogP contribution in [0.15, 0.2) is 12.1 Å². The molecular formula is C13H18O4. The van der Waals surface area contributed by atoms with Crippen LogP contribution in [0.3, 0.4) is 0 Å². The molecule has 0 aliphatic rings. The molecule has 1 atom stereocenters. The molecule has 0 bridgehead atoms. The number of carboxylic acids is 1. The molecule has 0 fully saturated rings. The number of ether oxygens (including phenoxy) is 2. The summed E-state index contributed by atoms with van der Waals surface area (Å²) in [5, 5.41) is 9.06. The minimum Gasteiger partial charge on any atom is -0.496 e. The van der Waals surface area contributed by atoms with E-state index in [1.54, 1.807) is 33.3 Å². The van der Waals surface area contributed by atoms with E-state index in [1.165, 1.54) is 0 Å². The molecule has 0 radical (unpaired) electrons. The Bertz CT molecular complexity index is 412. The van der Waals surface area contributed by atoms with Gasteiger partial charge in [0.15, 0.2) is 0 Å². The van der Waals surface area contributed by atoms with Crippen molar-refractivity contribution in [3.05, 3.63) is 23.3 Å². The van der Waals surface area contributed by atoms with E-state index < -0.39 is 11.9 Å². The molecule has 4 nitrogen and oxygen atoms in total. The largest absolute Gasteiger partial charge is 0.496 e. The van der Waals surface area contributed by atoms with Crippen LogP contribution in [0.1, 0.15) is 30.9 Å². The summed E-state index contributed by atoms with van der Waals surface area (Å²) in [6, 6.07) is 3.53. The predicted octanol–water partition coefficient (Wildman–Crippen LogP) is 2.45. The molecule has 0 amide bonds. The number of benzene rings is 1. The first-order chi connectivity index (χ1) is 8.06. The molecule has 0 aliphatic heterocycles. The molecular weight excluding hydrogens is 220 g/mol. The van der Waals surface area contributed by atoms with Gasteiger partial charge in [0, 0.05) is 11.1 Å². The van der Waals surface area contributed by atoms with Crippen LogP contribution in [0.25, 0.3) is 0 Å². The second-order valence-electron chi connectivity index (χ2n) is 3.78. The third-order valence-corrected chi connectivity index (χ3v) is 2.86. The number of hydrogen-bond donors (Lipinski definition) is 1. The fourth-order valence-corrected chi connectivity index (χ4v) is 1.87. The van der Waals surface area contributed by atoms with Gasteiger partial charge >= 0.3 is 5.97 Å². The Morgan fingerprint density at radius 1 is 1.35 bits per heavy atom. The average Bonchev–Trinajstić information content (AvgIpc) is 2.35. The van der Waals surface area contributed by atoms with Crippen molar-refractivity contribution < 1.29 is 19.4 Å². The molecule has 1 N–H and O–H groups in total. The lowest BCUT2D eigenvalue weighted by atomic mass is 9.96. The van der Waals surface area contributed by atoms with Crippen molar-refractivity contribution in [3.8, 4) is 11.5 Å². The lowest BCUT2D eigenvalue weighted by Gasteiger charge is -2.18. The zero-order chi connectivity index (χ0) is 13.0. The monoisotopic (exact) mass is 238 g/mol. The zero-order valence-corrected chi connectivity index (χ0v) is 10.6. The number of aliphatic carboxylic acids is 1. The summed E-state index contributed by atoms with van der Waals surface area (Å²) in [5.41, 5.74) is 1.58. The van der Waals surface area contributed by atoms with E-state index in [-0.39, 0.29) is 0 Å². The first-order valence-corrected chi connectivity index (χ1v) is 5.53. The molecule has 0 aliphatic carbocycles. The molecule has 94 valence electrons. The highest BCUT2D eigenvalue weighted by atomic mass is 16.5. The van der Waals surface area contributed by atoms with Crippen molar-refractivity contribution in [1.82, 2.24) is 0 Å². The Hall–Kier alpha value is -1.71. The quantitative estimate of drug-likeness (QED) is 0.856. The van der Waals surface area contributed by atoms with Gasteiger partial charge in [-0.05, 0) is 19.4 Å². The van der Waals surface area contributed by atoms with Crippen LogP contribution in [0.2, 0.25) is 0 Å². The zero-order valence-electron chi connectivity index (χ0n) is 10.6. The molecule has 1 unspecified atom stereocenters. The molecule has 0 saturated carbocycles. The van der Waals surface area contributed by atoms with Gasteiger partial charge in [-0.1, -0.05) is 13.0 Å². The normalized spacial score (nSPS) is 12.0. The maximum atomic E-state index is 11.0. The molecule has 1 aromatic rings. The van der Waals surface area contributed by atoms with E-state index in [0.717, 1.165) is 17.7 Å². The summed E-state index contributed by atoms with van der Waals surface area (Å²) in [5.74, 6) is -0.121. The van der Waals surface area contributed by atoms with E-state index in [9.17, 15) is 4.79 Å². The summed E-state index contributed by atoms with van der Waals surface area (Å²) < 4.78 is 10.6. The summed E-state index contributed by atoms with van der Waals surface area (Å²) in [6.07, 6.45) is 0.729. The summed E-state index contributed by atoms with van der Waals surface area (Å²) in [6.45, 7) is 3.63. The number of rotatable bonds is 5. The Balaban J connectivity index is 3.37. The average molecular weight is 238 g/mol. The SMILES string of the molecule is CCc1c(OC)ccc(C(C)C(=O)O)c1OC. The van der Waals surface area contributed by atoms with Crippen LogP contribution in [-0.4, -0.2) is 25.3 Å². The third-order valence-electron chi connectivity index (χ3n) is 2.86. The van der Waals surface area contributed by atoms with Crippen molar-refractivity contribution in [2.45, 2.75) is 26.2 Å². The van der Waals surface area contributed by atoms with Gasteiger partial charge in [0.05, 0.1) is 20.1 Å². The van der Waals surface area contributed by atoms with Crippen molar-refractivity contribution in [2.75, 3.05) is 14.2 Å². The Morgan fingerprint density at radius 3 is 2.41 bits per heavy atom.